The van der Waals surface area contributed by atoms with E-state index in [0.717, 1.165) is 17.0 Å². The van der Waals surface area contributed by atoms with Crippen molar-refractivity contribution < 1.29 is 19.4 Å². The molecule has 0 bridgehead atoms. The van der Waals surface area contributed by atoms with Gasteiger partial charge in [-0.15, -0.1) is 0 Å². The molecule has 1 aliphatic rings. The number of aryl methyl sites for hydroxylation is 1. The molecule has 6 heteroatoms. The van der Waals surface area contributed by atoms with Crippen molar-refractivity contribution in [1.29, 1.82) is 0 Å². The number of aliphatic carboxylic acids is 1. The molecule has 2 atom stereocenters. The van der Waals surface area contributed by atoms with E-state index in [1.165, 1.54) is 0 Å². The second kappa shape index (κ2) is 7.33. The summed E-state index contributed by atoms with van der Waals surface area (Å²) >= 11 is 0. The summed E-state index contributed by atoms with van der Waals surface area (Å²) in [6.45, 7) is 3.27. The highest BCUT2D eigenvalue weighted by atomic mass is 16.5. The summed E-state index contributed by atoms with van der Waals surface area (Å²) in [6, 6.07) is 9.49. The normalized spacial score (nSPS) is 20.3. The Labute approximate surface area is 153 Å². The Morgan fingerprint density at radius 3 is 2.62 bits per heavy atom. The van der Waals surface area contributed by atoms with Gasteiger partial charge in [-0.1, -0.05) is 18.2 Å². The summed E-state index contributed by atoms with van der Waals surface area (Å²) in [7, 11) is 3.51. The minimum Gasteiger partial charge on any atom is -0.496 e. The molecular weight excluding hydrogens is 332 g/mol. The molecule has 2 aromatic rings. The Balaban J connectivity index is 1.84. The highest BCUT2D eigenvalue weighted by molar-refractivity contribution is 5.94. The SMILES string of the molecule is COc1ccccc1[C@H]1CN(Cc2cc(C(C)=O)cn2C)C[C@@H]1C(=O)O. The average Bonchev–Trinajstić information content (AvgIpc) is 3.19. The zero-order valence-corrected chi connectivity index (χ0v) is 15.3. The number of hydrogen-bond donors (Lipinski definition) is 1. The number of nitrogens with zero attached hydrogens (tertiary/aromatic N) is 2. The quantitative estimate of drug-likeness (QED) is 0.806. The molecule has 1 N–H and O–H groups in total. The largest absolute Gasteiger partial charge is 0.496 e. The van der Waals surface area contributed by atoms with E-state index in [4.69, 9.17) is 4.74 Å². The molecule has 0 radical (unpaired) electrons. The maximum Gasteiger partial charge on any atom is 0.308 e. The minimum atomic E-state index is -0.792. The predicted molar refractivity (Wildman–Crippen MR) is 97.6 cm³/mol. The lowest BCUT2D eigenvalue weighted by molar-refractivity contribution is -0.141. The lowest BCUT2D eigenvalue weighted by Gasteiger charge is -2.18. The van der Waals surface area contributed by atoms with Gasteiger partial charge in [-0.05, 0) is 24.6 Å². The van der Waals surface area contributed by atoms with Crippen molar-refractivity contribution in [2.24, 2.45) is 13.0 Å². The van der Waals surface area contributed by atoms with Crippen LogP contribution in [0.2, 0.25) is 0 Å². The smallest absolute Gasteiger partial charge is 0.308 e. The first-order valence-electron chi connectivity index (χ1n) is 8.65. The Hall–Kier alpha value is -2.60. The molecule has 1 saturated heterocycles. The van der Waals surface area contributed by atoms with E-state index in [0.29, 0.717) is 25.2 Å². The number of carboxylic acids is 1. The minimum absolute atomic E-state index is 0.0311. The summed E-state index contributed by atoms with van der Waals surface area (Å²) in [6.07, 6.45) is 1.82. The highest BCUT2D eigenvalue weighted by Crippen LogP contribution is 2.38. The van der Waals surface area contributed by atoms with Gasteiger partial charge in [-0.3, -0.25) is 14.5 Å². The van der Waals surface area contributed by atoms with E-state index in [9.17, 15) is 14.7 Å². The van der Waals surface area contributed by atoms with Gasteiger partial charge in [0.1, 0.15) is 5.75 Å². The average molecular weight is 356 g/mol. The third-order valence-electron chi connectivity index (χ3n) is 5.15. The Bertz CT molecular complexity index is 827. The number of hydrogen-bond acceptors (Lipinski definition) is 4. The standard InChI is InChI=1S/C20H24N2O4/c1-13(23)14-8-15(21(2)9-14)10-22-11-17(18(12-22)20(24)25)16-6-4-5-7-19(16)26-3/h4-9,17-18H,10-12H2,1-3H3,(H,24,25)/t17-,18+/m1/s1. The first kappa shape index (κ1) is 18.2. The van der Waals surface area contributed by atoms with Crippen LogP contribution in [0.1, 0.15) is 34.5 Å². The van der Waals surface area contributed by atoms with Gasteiger partial charge >= 0.3 is 5.97 Å². The van der Waals surface area contributed by atoms with E-state index in [-0.39, 0.29) is 11.7 Å². The van der Waals surface area contributed by atoms with E-state index in [2.05, 4.69) is 4.90 Å². The summed E-state index contributed by atoms with van der Waals surface area (Å²) in [4.78, 5) is 25.5. The summed E-state index contributed by atoms with van der Waals surface area (Å²) in [5, 5.41) is 9.71. The van der Waals surface area contributed by atoms with Crippen LogP contribution in [0.3, 0.4) is 0 Å². The zero-order valence-electron chi connectivity index (χ0n) is 15.3. The number of likely N-dealkylation sites (tertiary alicyclic amines) is 1. The summed E-state index contributed by atoms with van der Waals surface area (Å²) in [5.74, 6) is -0.651. The van der Waals surface area contributed by atoms with Gasteiger partial charge < -0.3 is 14.4 Å². The number of carboxylic acid groups (broad SMARTS) is 1. The van der Waals surface area contributed by atoms with Crippen molar-refractivity contribution in [2.45, 2.75) is 19.4 Å². The maximum absolute atomic E-state index is 11.8. The van der Waals surface area contributed by atoms with Gasteiger partial charge in [-0.25, -0.2) is 0 Å². The Morgan fingerprint density at radius 1 is 1.27 bits per heavy atom. The molecule has 0 saturated carbocycles. The molecule has 1 fully saturated rings. The molecule has 1 aliphatic heterocycles. The van der Waals surface area contributed by atoms with Crippen LogP contribution in [-0.2, 0) is 18.4 Å². The number of carbonyl (C=O) groups excluding carboxylic acids is 1. The van der Waals surface area contributed by atoms with Crippen LogP contribution in [-0.4, -0.2) is 46.5 Å². The molecule has 6 nitrogen and oxygen atoms in total. The maximum atomic E-state index is 11.8. The van der Waals surface area contributed by atoms with Gasteiger partial charge in [0.05, 0.1) is 13.0 Å². The molecule has 0 spiro atoms. The number of Topliss-reactive ketones (excluding diaryl/α,β-unsaturated/α-hetero) is 1. The van der Waals surface area contributed by atoms with Crippen molar-refractivity contribution in [2.75, 3.05) is 20.2 Å². The van der Waals surface area contributed by atoms with Gasteiger partial charge in [0.2, 0.25) is 0 Å². The van der Waals surface area contributed by atoms with E-state index in [1.807, 2.05) is 48.1 Å². The van der Waals surface area contributed by atoms with Crippen LogP contribution in [0.25, 0.3) is 0 Å². The molecule has 138 valence electrons. The van der Waals surface area contributed by atoms with Crippen molar-refractivity contribution in [3.63, 3.8) is 0 Å². The number of methoxy groups -OCH3 is 1. The van der Waals surface area contributed by atoms with E-state index >= 15 is 0 Å². The number of rotatable bonds is 6. The molecular formula is C20H24N2O4. The number of para-hydroxylation sites is 1. The van der Waals surface area contributed by atoms with Crippen molar-refractivity contribution in [3.05, 3.63) is 53.3 Å². The second-order valence-electron chi connectivity index (χ2n) is 6.87. The Morgan fingerprint density at radius 2 is 2.00 bits per heavy atom. The van der Waals surface area contributed by atoms with Crippen LogP contribution >= 0.6 is 0 Å². The Kier molecular flexibility index (Phi) is 5.13. The number of carbonyl (C=O) groups is 2. The molecule has 1 aromatic heterocycles. The number of aromatic nitrogens is 1. The molecule has 3 rings (SSSR count). The molecule has 1 aromatic carbocycles. The zero-order chi connectivity index (χ0) is 18.8. The lowest BCUT2D eigenvalue weighted by atomic mass is 9.88. The van der Waals surface area contributed by atoms with Gasteiger partial charge in [0.25, 0.3) is 0 Å². The fourth-order valence-electron chi connectivity index (χ4n) is 3.74. The van der Waals surface area contributed by atoms with Gasteiger partial charge in [0, 0.05) is 50.1 Å². The predicted octanol–water partition coefficient (Wildman–Crippen LogP) is 2.54. The van der Waals surface area contributed by atoms with E-state index in [1.54, 1.807) is 14.0 Å². The van der Waals surface area contributed by atoms with Crippen LogP contribution in [0, 0.1) is 5.92 Å². The van der Waals surface area contributed by atoms with Crippen LogP contribution in [0.4, 0.5) is 0 Å². The summed E-state index contributed by atoms with van der Waals surface area (Å²) in [5.41, 5.74) is 2.61. The lowest BCUT2D eigenvalue weighted by Crippen LogP contribution is -2.24. The fraction of sp³-hybridized carbons (Fsp3) is 0.400. The molecule has 0 amide bonds. The molecule has 2 heterocycles. The number of ether oxygens (including phenoxy) is 1. The monoisotopic (exact) mass is 356 g/mol. The van der Waals surface area contributed by atoms with Crippen LogP contribution in [0.5, 0.6) is 5.75 Å². The molecule has 0 aliphatic carbocycles. The van der Waals surface area contributed by atoms with Crippen LogP contribution in [0.15, 0.2) is 36.5 Å². The third kappa shape index (κ3) is 3.51. The highest BCUT2D eigenvalue weighted by Gasteiger charge is 2.39. The molecule has 0 unspecified atom stereocenters. The number of ketones is 1. The second-order valence-corrected chi connectivity index (χ2v) is 6.87. The topological polar surface area (TPSA) is 71.8 Å². The van der Waals surface area contributed by atoms with Crippen molar-refractivity contribution in [1.82, 2.24) is 9.47 Å². The first-order chi connectivity index (χ1) is 12.4. The molecule has 26 heavy (non-hydrogen) atoms. The van der Waals surface area contributed by atoms with Gasteiger partial charge in [-0.2, -0.15) is 0 Å². The first-order valence-corrected chi connectivity index (χ1v) is 8.65. The van der Waals surface area contributed by atoms with Crippen LogP contribution < -0.4 is 4.74 Å². The van der Waals surface area contributed by atoms with Gasteiger partial charge in [0.15, 0.2) is 5.78 Å². The van der Waals surface area contributed by atoms with Crippen molar-refractivity contribution in [3.8, 4) is 5.75 Å². The number of benzene rings is 1. The van der Waals surface area contributed by atoms with Crippen molar-refractivity contribution >= 4 is 11.8 Å². The third-order valence-corrected chi connectivity index (χ3v) is 5.15. The van der Waals surface area contributed by atoms with E-state index < -0.39 is 11.9 Å². The fourth-order valence-corrected chi connectivity index (χ4v) is 3.74. The summed E-state index contributed by atoms with van der Waals surface area (Å²) < 4.78 is 7.37.